The SMILES string of the molecule is CC1CC(=O)c2ccc(Cl)c(Cl)c2N1. The quantitative estimate of drug-likeness (QED) is 0.740. The second-order valence-electron chi connectivity index (χ2n) is 3.46. The van der Waals surface area contributed by atoms with Crippen LogP contribution in [0, 0.1) is 0 Å². The van der Waals surface area contributed by atoms with Gasteiger partial charge in [0.2, 0.25) is 0 Å². The van der Waals surface area contributed by atoms with E-state index in [0.717, 1.165) is 0 Å². The minimum Gasteiger partial charge on any atom is -0.380 e. The number of nitrogens with one attached hydrogen (secondary N) is 1. The largest absolute Gasteiger partial charge is 0.380 e. The minimum atomic E-state index is 0.116. The molecule has 0 fully saturated rings. The van der Waals surface area contributed by atoms with Gasteiger partial charge in [0.15, 0.2) is 5.78 Å². The van der Waals surface area contributed by atoms with Crippen LogP contribution in [0.15, 0.2) is 12.1 Å². The number of carbonyl (C=O) groups excluding carboxylic acids is 1. The Morgan fingerprint density at radius 2 is 2.14 bits per heavy atom. The van der Waals surface area contributed by atoms with Crippen molar-refractivity contribution in [3.8, 4) is 0 Å². The van der Waals surface area contributed by atoms with Crippen LogP contribution < -0.4 is 5.32 Å². The fourth-order valence-corrected chi connectivity index (χ4v) is 1.99. The Balaban J connectivity index is 2.59. The molecule has 2 rings (SSSR count). The summed E-state index contributed by atoms with van der Waals surface area (Å²) in [4.78, 5) is 11.6. The van der Waals surface area contributed by atoms with Gasteiger partial charge in [-0.25, -0.2) is 0 Å². The van der Waals surface area contributed by atoms with Crippen LogP contribution in [0.2, 0.25) is 10.0 Å². The molecule has 0 aromatic heterocycles. The van der Waals surface area contributed by atoms with Gasteiger partial charge in [0, 0.05) is 18.0 Å². The fourth-order valence-electron chi connectivity index (χ4n) is 1.61. The van der Waals surface area contributed by atoms with Gasteiger partial charge in [-0.1, -0.05) is 23.2 Å². The molecule has 74 valence electrons. The van der Waals surface area contributed by atoms with E-state index in [1.807, 2.05) is 6.92 Å². The standard InChI is InChI=1S/C10H9Cl2NO/c1-5-4-8(14)6-2-3-7(11)9(12)10(6)13-5/h2-3,5,13H,4H2,1H3. The molecule has 0 amide bonds. The highest BCUT2D eigenvalue weighted by Crippen LogP contribution is 2.36. The number of Topliss-reactive ketones (excluding diaryl/α,β-unsaturated/α-hetero) is 1. The molecule has 1 heterocycles. The van der Waals surface area contributed by atoms with Crippen molar-refractivity contribution in [2.24, 2.45) is 0 Å². The molecule has 1 atom stereocenters. The molecule has 2 nitrogen and oxygen atoms in total. The van der Waals surface area contributed by atoms with Crippen molar-refractivity contribution < 1.29 is 4.79 Å². The number of rotatable bonds is 0. The molecule has 0 saturated carbocycles. The molecule has 0 saturated heterocycles. The highest BCUT2D eigenvalue weighted by Gasteiger charge is 2.24. The average Bonchev–Trinajstić information content (AvgIpc) is 2.12. The van der Waals surface area contributed by atoms with Crippen LogP contribution in [0.1, 0.15) is 23.7 Å². The molecule has 0 spiro atoms. The molecule has 14 heavy (non-hydrogen) atoms. The molecule has 0 bridgehead atoms. The van der Waals surface area contributed by atoms with Crippen LogP contribution >= 0.6 is 23.2 Å². The highest BCUT2D eigenvalue weighted by atomic mass is 35.5. The van der Waals surface area contributed by atoms with E-state index in [1.165, 1.54) is 0 Å². The summed E-state index contributed by atoms with van der Waals surface area (Å²) in [5.41, 5.74) is 1.31. The van der Waals surface area contributed by atoms with Gasteiger partial charge in [0.1, 0.15) is 0 Å². The number of halogens is 2. The minimum absolute atomic E-state index is 0.116. The Bertz CT molecular complexity index is 403. The number of hydrogen-bond donors (Lipinski definition) is 1. The molecule has 1 aliphatic rings. The van der Waals surface area contributed by atoms with Gasteiger partial charge in [0.25, 0.3) is 0 Å². The van der Waals surface area contributed by atoms with E-state index in [9.17, 15) is 4.79 Å². The first-order valence-electron chi connectivity index (χ1n) is 4.37. The summed E-state index contributed by atoms with van der Waals surface area (Å²) in [5.74, 6) is 0.116. The first kappa shape index (κ1) is 9.81. The van der Waals surface area contributed by atoms with Gasteiger partial charge in [-0.2, -0.15) is 0 Å². The molecule has 4 heteroatoms. The van der Waals surface area contributed by atoms with Crippen molar-refractivity contribution in [2.45, 2.75) is 19.4 Å². The Morgan fingerprint density at radius 3 is 2.86 bits per heavy atom. The van der Waals surface area contributed by atoms with Gasteiger partial charge in [-0.3, -0.25) is 4.79 Å². The lowest BCUT2D eigenvalue weighted by Gasteiger charge is -2.24. The number of carbonyl (C=O) groups is 1. The first-order chi connectivity index (χ1) is 6.59. The molecule has 1 aromatic rings. The third-order valence-corrected chi connectivity index (χ3v) is 3.08. The third-order valence-electron chi connectivity index (χ3n) is 2.28. The topological polar surface area (TPSA) is 29.1 Å². The zero-order valence-electron chi connectivity index (χ0n) is 7.60. The predicted molar refractivity (Wildman–Crippen MR) is 58.5 cm³/mol. The summed E-state index contributed by atoms with van der Waals surface area (Å²) in [7, 11) is 0. The fraction of sp³-hybridized carbons (Fsp3) is 0.300. The lowest BCUT2D eigenvalue weighted by molar-refractivity contribution is 0.0974. The number of hydrogen-bond acceptors (Lipinski definition) is 2. The smallest absolute Gasteiger partial charge is 0.167 e. The number of benzene rings is 1. The van der Waals surface area contributed by atoms with E-state index in [1.54, 1.807) is 12.1 Å². The summed E-state index contributed by atoms with van der Waals surface area (Å²) in [6, 6.07) is 3.48. The monoisotopic (exact) mass is 229 g/mol. The predicted octanol–water partition coefficient (Wildman–Crippen LogP) is 3.38. The summed E-state index contributed by atoms with van der Waals surface area (Å²) in [6.07, 6.45) is 0.505. The number of ketones is 1. The maximum Gasteiger partial charge on any atom is 0.167 e. The van der Waals surface area contributed by atoms with Gasteiger partial charge >= 0.3 is 0 Å². The van der Waals surface area contributed by atoms with Crippen LogP contribution in [-0.2, 0) is 0 Å². The zero-order valence-corrected chi connectivity index (χ0v) is 9.12. The van der Waals surface area contributed by atoms with E-state index >= 15 is 0 Å². The molecule has 0 radical (unpaired) electrons. The van der Waals surface area contributed by atoms with Crippen molar-refractivity contribution >= 4 is 34.7 Å². The second-order valence-corrected chi connectivity index (χ2v) is 4.24. The maximum absolute atomic E-state index is 11.6. The van der Waals surface area contributed by atoms with Crippen LogP contribution in [0.4, 0.5) is 5.69 Å². The Kier molecular flexibility index (Phi) is 2.41. The molecular weight excluding hydrogens is 221 g/mol. The molecule has 1 unspecified atom stereocenters. The molecule has 1 aliphatic heterocycles. The lowest BCUT2D eigenvalue weighted by Crippen LogP contribution is -2.26. The van der Waals surface area contributed by atoms with Gasteiger partial charge in [-0.15, -0.1) is 0 Å². The van der Waals surface area contributed by atoms with Crippen molar-refractivity contribution in [1.29, 1.82) is 0 Å². The van der Waals surface area contributed by atoms with Crippen molar-refractivity contribution in [3.05, 3.63) is 27.7 Å². The average molecular weight is 230 g/mol. The summed E-state index contributed by atoms with van der Waals surface area (Å²) in [6.45, 7) is 1.94. The molecule has 1 N–H and O–H groups in total. The van der Waals surface area contributed by atoms with Crippen molar-refractivity contribution in [1.82, 2.24) is 0 Å². The highest BCUT2D eigenvalue weighted by molar-refractivity contribution is 6.44. The molecular formula is C10H9Cl2NO. The Morgan fingerprint density at radius 1 is 1.43 bits per heavy atom. The normalized spacial score (nSPS) is 20.2. The summed E-state index contributed by atoms with van der Waals surface area (Å²) >= 11 is 11.9. The summed E-state index contributed by atoms with van der Waals surface area (Å²) in [5, 5.41) is 4.07. The van der Waals surface area contributed by atoms with Gasteiger partial charge in [0.05, 0.1) is 15.7 Å². The van der Waals surface area contributed by atoms with Gasteiger partial charge in [-0.05, 0) is 19.1 Å². The Hall–Kier alpha value is -0.730. The van der Waals surface area contributed by atoms with E-state index in [4.69, 9.17) is 23.2 Å². The summed E-state index contributed by atoms with van der Waals surface area (Å²) < 4.78 is 0. The van der Waals surface area contributed by atoms with E-state index in [0.29, 0.717) is 27.7 Å². The van der Waals surface area contributed by atoms with Crippen LogP contribution in [0.25, 0.3) is 0 Å². The number of fused-ring (bicyclic) bond motifs is 1. The third kappa shape index (κ3) is 1.49. The van der Waals surface area contributed by atoms with Crippen LogP contribution in [0.3, 0.4) is 0 Å². The lowest BCUT2D eigenvalue weighted by atomic mass is 9.98. The van der Waals surface area contributed by atoms with Crippen LogP contribution in [0.5, 0.6) is 0 Å². The van der Waals surface area contributed by atoms with Crippen molar-refractivity contribution in [2.75, 3.05) is 5.32 Å². The molecule has 0 aliphatic carbocycles. The van der Waals surface area contributed by atoms with E-state index in [-0.39, 0.29) is 11.8 Å². The second kappa shape index (κ2) is 3.44. The molecule has 1 aromatic carbocycles. The number of anilines is 1. The zero-order chi connectivity index (χ0) is 10.3. The first-order valence-corrected chi connectivity index (χ1v) is 5.13. The maximum atomic E-state index is 11.6. The van der Waals surface area contributed by atoms with Crippen LogP contribution in [-0.4, -0.2) is 11.8 Å². The Labute approximate surface area is 92.2 Å². The van der Waals surface area contributed by atoms with Crippen molar-refractivity contribution in [3.63, 3.8) is 0 Å². The van der Waals surface area contributed by atoms with E-state index < -0.39 is 0 Å². The van der Waals surface area contributed by atoms with E-state index in [2.05, 4.69) is 5.32 Å². The van der Waals surface area contributed by atoms with Gasteiger partial charge < -0.3 is 5.32 Å².